The van der Waals surface area contributed by atoms with E-state index in [2.05, 4.69) is 15.9 Å². The molecule has 0 heterocycles. The summed E-state index contributed by atoms with van der Waals surface area (Å²) in [6.45, 7) is 0.257. The van der Waals surface area contributed by atoms with Crippen LogP contribution in [0, 0.1) is 0 Å². The summed E-state index contributed by atoms with van der Waals surface area (Å²) < 4.78 is 24.5. The van der Waals surface area contributed by atoms with Crippen molar-refractivity contribution in [1.29, 1.82) is 0 Å². The molecule has 2 unspecified atom stereocenters. The Balaban J connectivity index is 1.97. The molecular weight excluding hydrogens is 263 g/mol. The van der Waals surface area contributed by atoms with Gasteiger partial charge in [0.2, 0.25) is 0 Å². The van der Waals surface area contributed by atoms with E-state index in [4.69, 9.17) is 9.47 Å². The Kier molecular flexibility index (Phi) is 2.98. The topological polar surface area (TPSA) is 18.5 Å². The Labute approximate surface area is 96.5 Å². The van der Waals surface area contributed by atoms with Gasteiger partial charge in [-0.2, -0.15) is 0 Å². The number of alkyl halides is 1. The zero-order valence-electron chi connectivity index (χ0n) is 8.37. The predicted molar refractivity (Wildman–Crippen MR) is 58.9 cm³/mol. The average Bonchev–Trinajstić information content (AvgIpc) is 2.89. The van der Waals surface area contributed by atoms with E-state index >= 15 is 0 Å². The maximum Gasteiger partial charge on any atom is 0.136 e. The molecule has 2 nitrogen and oxygen atoms in total. The van der Waals surface area contributed by atoms with Gasteiger partial charge in [0.1, 0.15) is 24.1 Å². The molecule has 1 aromatic carbocycles. The molecule has 0 N–H and O–H groups in total. The normalized spacial score (nSPS) is 28.9. The van der Waals surface area contributed by atoms with Crippen LogP contribution in [0.2, 0.25) is 0 Å². The molecular formula is C11H12BrFO2. The van der Waals surface area contributed by atoms with Crippen molar-refractivity contribution in [3.63, 3.8) is 0 Å². The zero-order chi connectivity index (χ0) is 10.9. The summed E-state index contributed by atoms with van der Waals surface area (Å²) in [6.07, 6.45) is -0.474. The fourth-order valence-electron chi connectivity index (χ4n) is 1.43. The molecule has 0 aliphatic heterocycles. The molecule has 0 radical (unpaired) electrons. The van der Waals surface area contributed by atoms with Crippen molar-refractivity contribution in [2.24, 2.45) is 0 Å². The fourth-order valence-corrected chi connectivity index (χ4v) is 1.82. The van der Waals surface area contributed by atoms with Crippen LogP contribution < -0.4 is 4.74 Å². The van der Waals surface area contributed by atoms with Crippen LogP contribution in [-0.2, 0) is 4.74 Å². The van der Waals surface area contributed by atoms with E-state index in [1.165, 1.54) is 7.11 Å². The van der Waals surface area contributed by atoms with Crippen molar-refractivity contribution in [3.8, 4) is 5.75 Å². The Bertz CT molecular complexity index is 354. The first-order valence-electron chi connectivity index (χ1n) is 4.74. The van der Waals surface area contributed by atoms with Gasteiger partial charge in [-0.05, 0) is 28.1 Å². The average molecular weight is 275 g/mol. The van der Waals surface area contributed by atoms with Crippen LogP contribution in [0.25, 0.3) is 0 Å². The van der Waals surface area contributed by atoms with E-state index in [1.807, 2.05) is 24.3 Å². The molecule has 0 saturated heterocycles. The van der Waals surface area contributed by atoms with Gasteiger partial charge >= 0.3 is 0 Å². The van der Waals surface area contributed by atoms with E-state index in [1.54, 1.807) is 0 Å². The lowest BCUT2D eigenvalue weighted by Crippen LogP contribution is -2.25. The van der Waals surface area contributed by atoms with Crippen molar-refractivity contribution >= 4 is 15.9 Å². The summed E-state index contributed by atoms with van der Waals surface area (Å²) in [7, 11) is 1.52. The first-order chi connectivity index (χ1) is 7.18. The second kappa shape index (κ2) is 4.10. The molecule has 1 saturated carbocycles. The second-order valence-electron chi connectivity index (χ2n) is 3.66. The van der Waals surface area contributed by atoms with Crippen LogP contribution in [0.1, 0.15) is 6.42 Å². The number of hydrogen-bond donors (Lipinski definition) is 0. The van der Waals surface area contributed by atoms with E-state index in [0.29, 0.717) is 12.2 Å². The highest BCUT2D eigenvalue weighted by Gasteiger charge is 2.57. The Morgan fingerprint density at radius 1 is 1.53 bits per heavy atom. The van der Waals surface area contributed by atoms with Crippen LogP contribution in [0.4, 0.5) is 4.39 Å². The molecule has 15 heavy (non-hydrogen) atoms. The minimum Gasteiger partial charge on any atom is -0.489 e. The third-order valence-corrected chi connectivity index (χ3v) is 3.31. The third kappa shape index (κ3) is 2.16. The highest BCUT2D eigenvalue weighted by molar-refractivity contribution is 9.10. The molecule has 2 rings (SSSR count). The SMILES string of the molecule is COC1(COc2ccccc2Br)CC1F. The zero-order valence-corrected chi connectivity index (χ0v) is 9.96. The quantitative estimate of drug-likeness (QED) is 0.841. The molecule has 0 spiro atoms. The van der Waals surface area contributed by atoms with Gasteiger partial charge in [0, 0.05) is 13.5 Å². The lowest BCUT2D eigenvalue weighted by Gasteiger charge is -2.15. The van der Waals surface area contributed by atoms with E-state index < -0.39 is 11.8 Å². The number of benzene rings is 1. The third-order valence-electron chi connectivity index (χ3n) is 2.65. The lowest BCUT2D eigenvalue weighted by atomic mass is 10.3. The smallest absolute Gasteiger partial charge is 0.136 e. The van der Waals surface area contributed by atoms with Gasteiger partial charge in [-0.15, -0.1) is 0 Å². The first kappa shape index (κ1) is 10.9. The van der Waals surface area contributed by atoms with Gasteiger partial charge in [0.25, 0.3) is 0 Å². The largest absolute Gasteiger partial charge is 0.489 e. The van der Waals surface area contributed by atoms with Crippen LogP contribution >= 0.6 is 15.9 Å². The van der Waals surface area contributed by atoms with Crippen molar-refractivity contribution < 1.29 is 13.9 Å². The maximum atomic E-state index is 13.0. The summed E-state index contributed by atoms with van der Waals surface area (Å²) in [5.41, 5.74) is -0.713. The highest BCUT2D eigenvalue weighted by atomic mass is 79.9. The summed E-state index contributed by atoms with van der Waals surface area (Å²) in [5.74, 6) is 0.716. The first-order valence-corrected chi connectivity index (χ1v) is 5.54. The van der Waals surface area contributed by atoms with Gasteiger partial charge in [-0.1, -0.05) is 12.1 Å². The number of hydrogen-bond acceptors (Lipinski definition) is 2. The summed E-state index contributed by atoms with van der Waals surface area (Å²) >= 11 is 3.36. The standard InChI is InChI=1S/C11H12BrFO2/c1-14-11(6-10(11)13)7-15-9-5-3-2-4-8(9)12/h2-5,10H,6-7H2,1H3. The van der Waals surface area contributed by atoms with Crippen molar-refractivity contribution in [2.75, 3.05) is 13.7 Å². The monoisotopic (exact) mass is 274 g/mol. The number of ether oxygens (including phenoxy) is 2. The molecule has 0 aromatic heterocycles. The highest BCUT2D eigenvalue weighted by Crippen LogP contribution is 2.43. The summed E-state index contributed by atoms with van der Waals surface area (Å²) in [6, 6.07) is 7.50. The van der Waals surface area contributed by atoms with Gasteiger partial charge in [-0.3, -0.25) is 0 Å². The lowest BCUT2D eigenvalue weighted by molar-refractivity contribution is 0.0182. The molecule has 2 atom stereocenters. The minimum absolute atomic E-state index is 0.257. The molecule has 4 heteroatoms. The van der Waals surface area contributed by atoms with Crippen molar-refractivity contribution in [2.45, 2.75) is 18.2 Å². The predicted octanol–water partition coefficient (Wildman–Crippen LogP) is 2.95. The fraction of sp³-hybridized carbons (Fsp3) is 0.455. The summed E-state index contributed by atoms with van der Waals surface area (Å²) in [5, 5.41) is 0. The molecule has 82 valence electrons. The van der Waals surface area contributed by atoms with Crippen molar-refractivity contribution in [3.05, 3.63) is 28.7 Å². The van der Waals surface area contributed by atoms with Gasteiger partial charge < -0.3 is 9.47 Å². The van der Waals surface area contributed by atoms with Gasteiger partial charge in [0.05, 0.1) is 4.47 Å². The van der Waals surface area contributed by atoms with E-state index in [0.717, 1.165) is 4.47 Å². The second-order valence-corrected chi connectivity index (χ2v) is 4.51. The van der Waals surface area contributed by atoms with Crippen molar-refractivity contribution in [1.82, 2.24) is 0 Å². The van der Waals surface area contributed by atoms with Crippen LogP contribution in [0.3, 0.4) is 0 Å². The number of methoxy groups -OCH3 is 1. The Morgan fingerprint density at radius 3 is 2.73 bits per heavy atom. The van der Waals surface area contributed by atoms with Gasteiger partial charge in [-0.25, -0.2) is 4.39 Å². The molecule has 1 aliphatic rings. The van der Waals surface area contributed by atoms with Crippen LogP contribution in [0.5, 0.6) is 5.75 Å². The molecule has 0 bridgehead atoms. The van der Waals surface area contributed by atoms with Crippen LogP contribution in [-0.4, -0.2) is 25.5 Å². The van der Waals surface area contributed by atoms with E-state index in [-0.39, 0.29) is 6.61 Å². The maximum absolute atomic E-state index is 13.0. The molecule has 1 fully saturated rings. The number of para-hydroxylation sites is 1. The van der Waals surface area contributed by atoms with E-state index in [9.17, 15) is 4.39 Å². The molecule has 0 amide bonds. The number of rotatable bonds is 4. The molecule has 1 aliphatic carbocycles. The van der Waals surface area contributed by atoms with Gasteiger partial charge in [0.15, 0.2) is 0 Å². The molecule has 1 aromatic rings. The minimum atomic E-state index is -0.898. The van der Waals surface area contributed by atoms with Crippen LogP contribution in [0.15, 0.2) is 28.7 Å². The summed E-state index contributed by atoms with van der Waals surface area (Å²) in [4.78, 5) is 0. The number of halogens is 2. The Hall–Kier alpha value is -0.610. The Morgan fingerprint density at radius 2 is 2.20 bits per heavy atom.